The molecule has 84 valence electrons. The van der Waals surface area contributed by atoms with E-state index in [0.717, 1.165) is 12.1 Å². The van der Waals surface area contributed by atoms with Gasteiger partial charge in [0.1, 0.15) is 0 Å². The molecule has 0 unspecified atom stereocenters. The van der Waals surface area contributed by atoms with E-state index in [-0.39, 0.29) is 0 Å². The third kappa shape index (κ3) is 4.45. The molecule has 1 rings (SSSR count). The van der Waals surface area contributed by atoms with Crippen molar-refractivity contribution in [2.75, 3.05) is 0 Å². The predicted molar refractivity (Wildman–Crippen MR) is 63.6 cm³/mol. The summed E-state index contributed by atoms with van der Waals surface area (Å²) < 4.78 is 0. The molecule has 0 aromatic carbocycles. The van der Waals surface area contributed by atoms with Gasteiger partial charge in [-0.3, -0.25) is 0 Å². The second-order valence-corrected chi connectivity index (χ2v) is 4.75. The first-order valence-corrected chi connectivity index (χ1v) is 6.62. The molecule has 0 aromatic heterocycles. The maximum Gasteiger partial charge on any atom is 0.00702 e. The van der Waals surface area contributed by atoms with Crippen molar-refractivity contribution in [2.45, 2.75) is 83.7 Å². The van der Waals surface area contributed by atoms with Gasteiger partial charge in [-0.05, 0) is 25.7 Å². The van der Waals surface area contributed by atoms with Gasteiger partial charge in [-0.15, -0.1) is 0 Å². The first-order valence-electron chi connectivity index (χ1n) is 6.62. The Bertz CT molecular complexity index is 133. The number of hydrogen-bond donors (Lipinski definition) is 1. The van der Waals surface area contributed by atoms with E-state index in [1.165, 1.54) is 57.8 Å². The zero-order valence-corrected chi connectivity index (χ0v) is 10.0. The molecule has 1 saturated heterocycles. The number of rotatable bonds is 7. The second-order valence-electron chi connectivity index (χ2n) is 4.75. The van der Waals surface area contributed by atoms with Crippen molar-refractivity contribution < 1.29 is 0 Å². The van der Waals surface area contributed by atoms with Gasteiger partial charge >= 0.3 is 0 Å². The average molecular weight is 197 g/mol. The minimum atomic E-state index is 0.829. The van der Waals surface area contributed by atoms with Crippen LogP contribution in [-0.2, 0) is 0 Å². The van der Waals surface area contributed by atoms with Crippen molar-refractivity contribution >= 4 is 0 Å². The fourth-order valence-electron chi connectivity index (χ4n) is 2.45. The maximum atomic E-state index is 3.73. The molecule has 0 amide bonds. The van der Waals surface area contributed by atoms with Gasteiger partial charge in [0.05, 0.1) is 0 Å². The van der Waals surface area contributed by atoms with E-state index in [2.05, 4.69) is 19.2 Å². The summed E-state index contributed by atoms with van der Waals surface area (Å²) in [5, 5.41) is 3.73. The van der Waals surface area contributed by atoms with Crippen LogP contribution in [0, 0.1) is 0 Å². The molecule has 1 nitrogen and oxygen atoms in total. The number of unbranched alkanes of at least 4 members (excludes halogenated alkanes) is 4. The summed E-state index contributed by atoms with van der Waals surface area (Å²) in [7, 11) is 0. The monoisotopic (exact) mass is 197 g/mol. The quantitative estimate of drug-likeness (QED) is 0.611. The van der Waals surface area contributed by atoms with Crippen molar-refractivity contribution in [3.05, 3.63) is 0 Å². The fraction of sp³-hybridized carbons (Fsp3) is 1.00. The molecule has 1 fully saturated rings. The minimum Gasteiger partial charge on any atom is -0.311 e. The average Bonchev–Trinajstić information content (AvgIpc) is 2.65. The fourth-order valence-corrected chi connectivity index (χ4v) is 2.45. The van der Waals surface area contributed by atoms with Crippen LogP contribution in [-0.4, -0.2) is 12.1 Å². The van der Waals surface area contributed by atoms with Crippen molar-refractivity contribution in [3.8, 4) is 0 Å². The second kappa shape index (κ2) is 7.28. The van der Waals surface area contributed by atoms with Gasteiger partial charge < -0.3 is 5.32 Å². The third-order valence-electron chi connectivity index (χ3n) is 3.48. The van der Waals surface area contributed by atoms with Crippen LogP contribution in [0.2, 0.25) is 0 Å². The molecule has 2 atom stereocenters. The summed E-state index contributed by atoms with van der Waals surface area (Å²) in [6, 6.07) is 1.68. The molecule has 1 heteroatoms. The van der Waals surface area contributed by atoms with Crippen molar-refractivity contribution in [1.29, 1.82) is 0 Å². The summed E-state index contributed by atoms with van der Waals surface area (Å²) in [5.41, 5.74) is 0. The molecule has 0 spiro atoms. The SMILES string of the molecule is CCCCCCC[C@@H]1CC[C@@H](CC)N1. The lowest BCUT2D eigenvalue weighted by Gasteiger charge is -2.12. The molecule has 0 radical (unpaired) electrons. The lowest BCUT2D eigenvalue weighted by molar-refractivity contribution is 0.476. The van der Waals surface area contributed by atoms with Gasteiger partial charge in [0.2, 0.25) is 0 Å². The predicted octanol–water partition coefficient (Wildman–Crippen LogP) is 3.88. The molecule has 14 heavy (non-hydrogen) atoms. The minimum absolute atomic E-state index is 0.829. The Morgan fingerprint density at radius 1 is 0.929 bits per heavy atom. The molecule has 1 aliphatic rings. The Kier molecular flexibility index (Phi) is 6.25. The van der Waals surface area contributed by atoms with Crippen LogP contribution < -0.4 is 5.32 Å². The Labute approximate surface area is 89.7 Å². The molecule has 1 N–H and O–H groups in total. The van der Waals surface area contributed by atoms with Crippen LogP contribution in [0.5, 0.6) is 0 Å². The lowest BCUT2D eigenvalue weighted by atomic mass is 10.1. The zero-order chi connectivity index (χ0) is 10.2. The smallest absolute Gasteiger partial charge is 0.00702 e. The highest BCUT2D eigenvalue weighted by Crippen LogP contribution is 2.19. The van der Waals surface area contributed by atoms with Crippen LogP contribution >= 0.6 is 0 Å². The van der Waals surface area contributed by atoms with Gasteiger partial charge in [-0.1, -0.05) is 46.0 Å². The van der Waals surface area contributed by atoms with Crippen molar-refractivity contribution in [1.82, 2.24) is 5.32 Å². The molecule has 0 aliphatic carbocycles. The molecular formula is C13H27N. The number of nitrogens with one attached hydrogen (secondary N) is 1. The van der Waals surface area contributed by atoms with Crippen LogP contribution in [0.15, 0.2) is 0 Å². The summed E-state index contributed by atoms with van der Waals surface area (Å²) >= 11 is 0. The molecule has 1 heterocycles. The Morgan fingerprint density at radius 2 is 1.64 bits per heavy atom. The molecule has 0 saturated carbocycles. The molecule has 0 aromatic rings. The van der Waals surface area contributed by atoms with E-state index in [0.29, 0.717) is 0 Å². The molecule has 0 bridgehead atoms. The van der Waals surface area contributed by atoms with Crippen LogP contribution in [0.4, 0.5) is 0 Å². The Balaban J connectivity index is 1.92. The van der Waals surface area contributed by atoms with Gasteiger partial charge in [-0.2, -0.15) is 0 Å². The van der Waals surface area contributed by atoms with Crippen molar-refractivity contribution in [2.24, 2.45) is 0 Å². The van der Waals surface area contributed by atoms with Gasteiger partial charge in [-0.25, -0.2) is 0 Å². The highest BCUT2D eigenvalue weighted by atomic mass is 15.0. The van der Waals surface area contributed by atoms with Crippen LogP contribution in [0.3, 0.4) is 0 Å². The first-order chi connectivity index (χ1) is 6.86. The first kappa shape index (κ1) is 12.0. The largest absolute Gasteiger partial charge is 0.311 e. The highest BCUT2D eigenvalue weighted by Gasteiger charge is 2.20. The van der Waals surface area contributed by atoms with Gasteiger partial charge in [0, 0.05) is 12.1 Å². The summed E-state index contributed by atoms with van der Waals surface area (Å²) in [6.45, 7) is 4.58. The van der Waals surface area contributed by atoms with E-state index in [1.807, 2.05) is 0 Å². The standard InChI is InChI=1S/C13H27N/c1-3-5-6-7-8-9-13-11-10-12(4-2)14-13/h12-14H,3-11H2,1-2H3/t12-,13-/m1/s1. The summed E-state index contributed by atoms with van der Waals surface area (Å²) in [4.78, 5) is 0. The summed E-state index contributed by atoms with van der Waals surface area (Å²) in [6.07, 6.45) is 12.7. The summed E-state index contributed by atoms with van der Waals surface area (Å²) in [5.74, 6) is 0. The topological polar surface area (TPSA) is 12.0 Å². The van der Waals surface area contributed by atoms with Crippen molar-refractivity contribution in [3.63, 3.8) is 0 Å². The van der Waals surface area contributed by atoms with Gasteiger partial charge in [0.15, 0.2) is 0 Å². The normalized spacial score (nSPS) is 27.0. The van der Waals surface area contributed by atoms with E-state index in [9.17, 15) is 0 Å². The highest BCUT2D eigenvalue weighted by molar-refractivity contribution is 4.82. The maximum absolute atomic E-state index is 3.73. The van der Waals surface area contributed by atoms with Crippen LogP contribution in [0.1, 0.15) is 71.6 Å². The zero-order valence-electron chi connectivity index (χ0n) is 10.0. The third-order valence-corrected chi connectivity index (χ3v) is 3.48. The van der Waals surface area contributed by atoms with Gasteiger partial charge in [0.25, 0.3) is 0 Å². The van der Waals surface area contributed by atoms with E-state index in [1.54, 1.807) is 0 Å². The molecular weight excluding hydrogens is 170 g/mol. The van der Waals surface area contributed by atoms with E-state index < -0.39 is 0 Å². The molecule has 1 aliphatic heterocycles. The Morgan fingerprint density at radius 3 is 2.29 bits per heavy atom. The Hall–Kier alpha value is -0.0400. The van der Waals surface area contributed by atoms with Crippen LogP contribution in [0.25, 0.3) is 0 Å². The van der Waals surface area contributed by atoms with E-state index >= 15 is 0 Å². The lowest BCUT2D eigenvalue weighted by Crippen LogP contribution is -2.28. The van der Waals surface area contributed by atoms with E-state index in [4.69, 9.17) is 0 Å². The number of hydrogen-bond acceptors (Lipinski definition) is 1.